The van der Waals surface area contributed by atoms with E-state index in [0.29, 0.717) is 17.6 Å². The maximum absolute atomic E-state index is 13.2. The third kappa shape index (κ3) is 2.41. The van der Waals surface area contributed by atoms with Crippen molar-refractivity contribution in [2.24, 2.45) is 0 Å². The summed E-state index contributed by atoms with van der Waals surface area (Å²) in [4.78, 5) is 11.2. The lowest BCUT2D eigenvalue weighted by Gasteiger charge is -2.13. The number of terminal acetylenes is 1. The van der Waals surface area contributed by atoms with Gasteiger partial charge in [0.05, 0.1) is 19.0 Å². The summed E-state index contributed by atoms with van der Waals surface area (Å²) in [6, 6.07) is 0. The van der Waals surface area contributed by atoms with Crippen LogP contribution in [0.2, 0.25) is 0 Å². The smallest absolute Gasteiger partial charge is 0.312 e. The monoisotopic (exact) mass is 279 g/mol. The van der Waals surface area contributed by atoms with Gasteiger partial charge in [-0.15, -0.1) is 12.8 Å². The van der Waals surface area contributed by atoms with E-state index < -0.39 is 6.08 Å². The number of aliphatic hydroxyl groups excluding tert-OH is 1. The molecule has 0 aromatic carbocycles. The fraction of sp³-hybridized carbons (Fsp3) is 0.417. The van der Waals surface area contributed by atoms with Gasteiger partial charge < -0.3 is 15.6 Å². The van der Waals surface area contributed by atoms with E-state index in [1.54, 1.807) is 4.57 Å². The topological polar surface area (TPSA) is 99.1 Å². The summed E-state index contributed by atoms with van der Waals surface area (Å²) in [6.07, 6.45) is 9.56. The van der Waals surface area contributed by atoms with Gasteiger partial charge in [0.2, 0.25) is 0 Å². The molecule has 7 nitrogen and oxygen atoms in total. The Balaban J connectivity index is 0.000000704. The van der Waals surface area contributed by atoms with E-state index in [9.17, 15) is 4.39 Å². The lowest BCUT2D eigenvalue weighted by Crippen LogP contribution is -2.14. The number of hydrogen-bond acceptors (Lipinski definition) is 6. The minimum absolute atomic E-state index is 0.00737. The minimum Gasteiger partial charge on any atom is -0.394 e. The van der Waals surface area contributed by atoms with Crippen molar-refractivity contribution in [2.45, 2.75) is 25.2 Å². The number of nitrogens with two attached hydrogens (primary N) is 1. The first-order chi connectivity index (χ1) is 9.69. The van der Waals surface area contributed by atoms with Crippen LogP contribution in [-0.2, 0) is 4.74 Å². The normalized spacial score (nSPS) is 21.6. The Morgan fingerprint density at radius 1 is 1.45 bits per heavy atom. The lowest BCUT2D eigenvalue weighted by atomic mass is 10.2. The molecule has 1 saturated heterocycles. The summed E-state index contributed by atoms with van der Waals surface area (Å²) < 4.78 is 20.4. The van der Waals surface area contributed by atoms with Gasteiger partial charge in [0.1, 0.15) is 6.23 Å². The Morgan fingerprint density at radius 3 is 2.85 bits per heavy atom. The van der Waals surface area contributed by atoms with Crippen molar-refractivity contribution in [1.82, 2.24) is 19.5 Å². The molecule has 0 saturated carbocycles. The summed E-state index contributed by atoms with van der Waals surface area (Å²) in [5.41, 5.74) is 6.24. The molecule has 0 aliphatic carbocycles. The van der Waals surface area contributed by atoms with Crippen molar-refractivity contribution in [3.8, 4) is 12.8 Å². The maximum Gasteiger partial charge on any atom is 0.312 e. The van der Waals surface area contributed by atoms with Crippen LogP contribution in [0.3, 0.4) is 0 Å². The predicted molar refractivity (Wildman–Crippen MR) is 69.8 cm³/mol. The molecule has 0 radical (unpaired) electrons. The van der Waals surface area contributed by atoms with E-state index in [0.717, 1.165) is 6.42 Å². The molecule has 3 N–H and O–H groups in total. The number of aliphatic hydroxyl groups is 1. The quantitative estimate of drug-likeness (QED) is 0.612. The van der Waals surface area contributed by atoms with Crippen LogP contribution >= 0.6 is 0 Å². The van der Waals surface area contributed by atoms with Gasteiger partial charge in [0.15, 0.2) is 17.0 Å². The molecule has 1 fully saturated rings. The number of nitrogen functional groups attached to an aromatic ring is 1. The molecule has 3 heterocycles. The third-order valence-electron chi connectivity index (χ3n) is 3.02. The zero-order valence-corrected chi connectivity index (χ0v) is 10.6. The number of ether oxygens (including phenoxy) is 1. The number of halogens is 1. The fourth-order valence-corrected chi connectivity index (χ4v) is 2.15. The van der Waals surface area contributed by atoms with E-state index >= 15 is 0 Å². The molecule has 2 aromatic heterocycles. The van der Waals surface area contributed by atoms with E-state index in [4.69, 9.17) is 15.6 Å². The number of fused-ring (bicyclic) bond motifs is 1. The van der Waals surface area contributed by atoms with E-state index in [2.05, 4.69) is 27.8 Å². The summed E-state index contributed by atoms with van der Waals surface area (Å²) in [5, 5.41) is 9.03. The standard InChI is InChI=1S/C10H12FN5O2.C2H2/c11-10-14-8(12)7-9(15-10)16(4-13-7)6-2-1-5(3-17)18-6;1-2/h4-6,17H,1-3H2,(H2,12,14,15);1-2H/t5-,6?;/m0./s1. The van der Waals surface area contributed by atoms with Crippen molar-refractivity contribution in [3.05, 3.63) is 12.4 Å². The number of imidazole rings is 1. The van der Waals surface area contributed by atoms with Gasteiger partial charge in [-0.1, -0.05) is 0 Å². The highest BCUT2D eigenvalue weighted by atomic mass is 19.1. The molecular weight excluding hydrogens is 265 g/mol. The Hall–Kier alpha value is -2.24. The van der Waals surface area contributed by atoms with Crippen molar-refractivity contribution < 1.29 is 14.2 Å². The zero-order valence-electron chi connectivity index (χ0n) is 10.6. The van der Waals surface area contributed by atoms with E-state index in [-0.39, 0.29) is 24.8 Å². The van der Waals surface area contributed by atoms with Crippen LogP contribution in [0.1, 0.15) is 19.1 Å². The first-order valence-electron chi connectivity index (χ1n) is 5.94. The van der Waals surface area contributed by atoms with Gasteiger partial charge >= 0.3 is 6.08 Å². The Labute approximate surface area is 114 Å². The third-order valence-corrected chi connectivity index (χ3v) is 3.02. The Bertz CT molecular complexity index is 627. The molecular formula is C12H14FN5O2. The van der Waals surface area contributed by atoms with Gasteiger partial charge in [-0.25, -0.2) is 4.98 Å². The van der Waals surface area contributed by atoms with Gasteiger partial charge in [-0.3, -0.25) is 4.57 Å². The highest BCUT2D eigenvalue weighted by Gasteiger charge is 2.27. The van der Waals surface area contributed by atoms with Crippen molar-refractivity contribution in [2.75, 3.05) is 12.3 Å². The summed E-state index contributed by atoms with van der Waals surface area (Å²) >= 11 is 0. The van der Waals surface area contributed by atoms with Crippen LogP contribution in [0, 0.1) is 18.9 Å². The molecule has 0 spiro atoms. The molecule has 106 valence electrons. The summed E-state index contributed by atoms with van der Waals surface area (Å²) in [5.74, 6) is 0.00737. The van der Waals surface area contributed by atoms with Gasteiger partial charge in [-0.2, -0.15) is 14.4 Å². The summed E-state index contributed by atoms with van der Waals surface area (Å²) in [7, 11) is 0. The average molecular weight is 279 g/mol. The number of hydrogen-bond donors (Lipinski definition) is 2. The molecule has 0 bridgehead atoms. The van der Waals surface area contributed by atoms with Crippen LogP contribution in [0.5, 0.6) is 0 Å². The highest BCUT2D eigenvalue weighted by molar-refractivity contribution is 5.81. The second kappa shape index (κ2) is 5.81. The van der Waals surface area contributed by atoms with Crippen LogP contribution in [-0.4, -0.2) is 37.3 Å². The van der Waals surface area contributed by atoms with Crippen LogP contribution in [0.15, 0.2) is 6.33 Å². The number of rotatable bonds is 2. The number of nitrogens with zero attached hydrogens (tertiary/aromatic N) is 4. The fourth-order valence-electron chi connectivity index (χ4n) is 2.15. The van der Waals surface area contributed by atoms with E-state index in [1.807, 2.05) is 0 Å². The molecule has 0 amide bonds. The SMILES string of the molecule is C#C.Nc1nc(F)nc2c1ncn2C1CC[C@@H](CO)O1. The number of anilines is 1. The zero-order chi connectivity index (χ0) is 14.7. The predicted octanol–water partition coefficient (Wildman–Crippen LogP) is 0.467. The number of aromatic nitrogens is 4. The van der Waals surface area contributed by atoms with Gasteiger partial charge in [0.25, 0.3) is 0 Å². The second-order valence-corrected chi connectivity index (χ2v) is 4.17. The molecule has 2 aromatic rings. The molecule has 8 heteroatoms. The van der Waals surface area contributed by atoms with Crippen molar-refractivity contribution in [3.63, 3.8) is 0 Å². The van der Waals surface area contributed by atoms with Crippen LogP contribution in [0.4, 0.5) is 10.2 Å². The molecule has 2 atom stereocenters. The molecule has 3 rings (SSSR count). The molecule has 1 aliphatic heterocycles. The van der Waals surface area contributed by atoms with Gasteiger partial charge in [-0.05, 0) is 12.8 Å². The summed E-state index contributed by atoms with van der Waals surface area (Å²) in [6.45, 7) is -0.0331. The van der Waals surface area contributed by atoms with Crippen molar-refractivity contribution in [1.29, 1.82) is 0 Å². The second-order valence-electron chi connectivity index (χ2n) is 4.17. The van der Waals surface area contributed by atoms with Crippen molar-refractivity contribution >= 4 is 17.0 Å². The molecule has 1 unspecified atom stereocenters. The maximum atomic E-state index is 13.2. The Morgan fingerprint density at radius 2 is 2.20 bits per heavy atom. The lowest BCUT2D eigenvalue weighted by molar-refractivity contribution is -0.0207. The van der Waals surface area contributed by atoms with Gasteiger partial charge in [0, 0.05) is 0 Å². The van der Waals surface area contributed by atoms with Crippen LogP contribution in [0.25, 0.3) is 11.2 Å². The highest BCUT2D eigenvalue weighted by Crippen LogP contribution is 2.30. The molecule has 20 heavy (non-hydrogen) atoms. The van der Waals surface area contributed by atoms with E-state index in [1.165, 1.54) is 6.33 Å². The first kappa shape index (κ1) is 14.2. The largest absolute Gasteiger partial charge is 0.394 e. The Kier molecular flexibility index (Phi) is 4.12. The minimum atomic E-state index is -0.890. The average Bonchev–Trinajstić information content (AvgIpc) is 3.06. The van der Waals surface area contributed by atoms with Crippen LogP contribution < -0.4 is 5.73 Å². The molecule has 1 aliphatic rings. The first-order valence-corrected chi connectivity index (χ1v) is 5.94.